The first-order valence-corrected chi connectivity index (χ1v) is 10.4. The van der Waals surface area contributed by atoms with Gasteiger partial charge in [-0.3, -0.25) is 14.5 Å². The van der Waals surface area contributed by atoms with Gasteiger partial charge in [-0.25, -0.2) is 0 Å². The van der Waals surface area contributed by atoms with E-state index in [0.29, 0.717) is 12.8 Å². The fraction of sp³-hybridized carbons (Fsp3) is 0.579. The van der Waals surface area contributed by atoms with Crippen molar-refractivity contribution >= 4 is 23.6 Å². The van der Waals surface area contributed by atoms with Crippen LogP contribution in [0.2, 0.25) is 0 Å². The lowest BCUT2D eigenvalue weighted by molar-refractivity contribution is -0.138. The van der Waals surface area contributed by atoms with E-state index in [9.17, 15) is 9.59 Å². The summed E-state index contributed by atoms with van der Waals surface area (Å²) in [7, 11) is 0. The Bertz CT molecular complexity index is 545. The third-order valence-electron chi connectivity index (χ3n) is 4.50. The molecule has 1 heterocycles. The number of hydrogen-bond acceptors (Lipinski definition) is 4. The van der Waals surface area contributed by atoms with Gasteiger partial charge in [0.1, 0.15) is 6.04 Å². The molecule has 138 valence electrons. The van der Waals surface area contributed by atoms with Gasteiger partial charge in [0.15, 0.2) is 0 Å². The number of hydrogen-bond donors (Lipinski definition) is 1. The van der Waals surface area contributed by atoms with Crippen LogP contribution in [0.4, 0.5) is 0 Å². The van der Waals surface area contributed by atoms with Gasteiger partial charge in [0.2, 0.25) is 11.8 Å². The quantitative estimate of drug-likeness (QED) is 0.767. The number of nitrogens with zero attached hydrogens (tertiary/aromatic N) is 2. The summed E-state index contributed by atoms with van der Waals surface area (Å²) >= 11 is 1.70. The predicted molar refractivity (Wildman–Crippen MR) is 104 cm³/mol. The van der Waals surface area contributed by atoms with Crippen molar-refractivity contribution in [2.75, 3.05) is 38.2 Å². The molecule has 0 radical (unpaired) electrons. The number of piperazine rings is 1. The van der Waals surface area contributed by atoms with Crippen molar-refractivity contribution in [2.45, 2.75) is 32.4 Å². The van der Waals surface area contributed by atoms with Crippen molar-refractivity contribution in [1.29, 1.82) is 0 Å². The third kappa shape index (κ3) is 6.36. The average Bonchev–Trinajstić information content (AvgIpc) is 2.65. The lowest BCUT2D eigenvalue weighted by Crippen LogP contribution is -2.54. The Hall–Kier alpha value is -1.53. The first-order valence-electron chi connectivity index (χ1n) is 8.97. The normalized spacial score (nSPS) is 16.5. The molecule has 6 heteroatoms. The zero-order chi connectivity index (χ0) is 18.1. The molecule has 1 aromatic rings. The van der Waals surface area contributed by atoms with E-state index in [4.69, 9.17) is 0 Å². The van der Waals surface area contributed by atoms with E-state index >= 15 is 0 Å². The highest BCUT2D eigenvalue weighted by Crippen LogP contribution is 2.11. The first-order chi connectivity index (χ1) is 12.1. The summed E-state index contributed by atoms with van der Waals surface area (Å²) in [5, 5.41) is 2.89. The van der Waals surface area contributed by atoms with Crippen LogP contribution in [-0.2, 0) is 16.1 Å². The molecule has 2 amide bonds. The van der Waals surface area contributed by atoms with E-state index in [1.54, 1.807) is 11.8 Å². The summed E-state index contributed by atoms with van der Waals surface area (Å²) in [6.45, 7) is 5.93. The minimum Gasteiger partial charge on any atom is -0.344 e. The minimum atomic E-state index is -0.388. The fourth-order valence-corrected chi connectivity index (χ4v) is 3.45. The van der Waals surface area contributed by atoms with Crippen LogP contribution in [0.5, 0.6) is 0 Å². The number of benzene rings is 1. The maximum atomic E-state index is 12.8. The highest BCUT2D eigenvalue weighted by atomic mass is 32.2. The number of nitrogens with one attached hydrogen (secondary N) is 1. The van der Waals surface area contributed by atoms with Gasteiger partial charge in [-0.05, 0) is 24.0 Å². The van der Waals surface area contributed by atoms with Crippen molar-refractivity contribution < 1.29 is 9.59 Å². The summed E-state index contributed by atoms with van der Waals surface area (Å²) in [5.74, 6) is 0.881. The van der Waals surface area contributed by atoms with Crippen molar-refractivity contribution in [2.24, 2.45) is 0 Å². The van der Waals surface area contributed by atoms with Crippen molar-refractivity contribution in [1.82, 2.24) is 15.1 Å². The van der Waals surface area contributed by atoms with E-state index < -0.39 is 0 Å². The van der Waals surface area contributed by atoms with Crippen molar-refractivity contribution in [3.8, 4) is 0 Å². The topological polar surface area (TPSA) is 52.7 Å². The van der Waals surface area contributed by atoms with Crippen LogP contribution < -0.4 is 5.32 Å². The van der Waals surface area contributed by atoms with E-state index in [1.807, 2.05) is 24.1 Å². The monoisotopic (exact) mass is 363 g/mol. The summed E-state index contributed by atoms with van der Waals surface area (Å²) in [5.41, 5.74) is 1.30. The molecule has 0 aliphatic carbocycles. The minimum absolute atomic E-state index is 0.0535. The summed E-state index contributed by atoms with van der Waals surface area (Å²) in [4.78, 5) is 28.8. The molecule has 0 unspecified atom stereocenters. The molecule has 1 aromatic carbocycles. The molecule has 1 saturated heterocycles. The van der Waals surface area contributed by atoms with Crippen LogP contribution >= 0.6 is 11.8 Å². The molecule has 1 fully saturated rings. The van der Waals surface area contributed by atoms with E-state index in [1.165, 1.54) is 5.56 Å². The molecule has 0 bridgehead atoms. The number of amides is 2. The smallest absolute Gasteiger partial charge is 0.245 e. The Morgan fingerprint density at radius 2 is 1.84 bits per heavy atom. The molecule has 1 atom stereocenters. The van der Waals surface area contributed by atoms with Gasteiger partial charge in [0, 0.05) is 39.1 Å². The van der Waals surface area contributed by atoms with E-state index in [2.05, 4.69) is 34.5 Å². The SMILES string of the molecule is CCC(=O)N[C@@H](CCSC)C(=O)N1CCN(Cc2ccccc2)CC1. The third-order valence-corrected chi connectivity index (χ3v) is 5.14. The van der Waals surface area contributed by atoms with Gasteiger partial charge in [-0.2, -0.15) is 11.8 Å². The molecule has 0 aromatic heterocycles. The van der Waals surface area contributed by atoms with Gasteiger partial charge < -0.3 is 10.2 Å². The molecule has 2 rings (SSSR count). The Balaban J connectivity index is 1.86. The number of carbonyl (C=O) groups excluding carboxylic acids is 2. The molecule has 1 aliphatic rings. The molecule has 25 heavy (non-hydrogen) atoms. The second-order valence-corrected chi connectivity index (χ2v) is 7.33. The molecule has 5 nitrogen and oxygen atoms in total. The summed E-state index contributed by atoms with van der Waals surface area (Å²) in [6.07, 6.45) is 3.12. The van der Waals surface area contributed by atoms with E-state index in [-0.39, 0.29) is 17.9 Å². The second kappa shape index (κ2) is 10.5. The Kier molecular flexibility index (Phi) is 8.28. The molecule has 0 saturated carbocycles. The van der Waals surface area contributed by atoms with Crippen LogP contribution in [0, 0.1) is 0 Å². The largest absolute Gasteiger partial charge is 0.344 e. The Labute approximate surface area is 155 Å². The highest BCUT2D eigenvalue weighted by molar-refractivity contribution is 7.98. The molecule has 1 aliphatic heterocycles. The van der Waals surface area contributed by atoms with Gasteiger partial charge >= 0.3 is 0 Å². The van der Waals surface area contributed by atoms with Crippen LogP contribution in [0.15, 0.2) is 30.3 Å². The zero-order valence-electron chi connectivity index (χ0n) is 15.2. The number of thioether (sulfide) groups is 1. The van der Waals surface area contributed by atoms with Crippen LogP contribution in [0.25, 0.3) is 0 Å². The maximum Gasteiger partial charge on any atom is 0.245 e. The lowest BCUT2D eigenvalue weighted by atomic mass is 10.1. The first kappa shape index (κ1) is 19.8. The van der Waals surface area contributed by atoms with Gasteiger partial charge in [0.05, 0.1) is 0 Å². The maximum absolute atomic E-state index is 12.8. The zero-order valence-corrected chi connectivity index (χ0v) is 16.1. The molecule has 1 N–H and O–H groups in total. The standard InChI is InChI=1S/C19H29N3O2S/c1-3-18(23)20-17(9-14-25-2)19(24)22-12-10-21(11-13-22)15-16-7-5-4-6-8-16/h4-8,17H,3,9-15H2,1-2H3,(H,20,23)/t17-/m0/s1. The fourth-order valence-electron chi connectivity index (χ4n) is 2.98. The Morgan fingerprint density at radius 3 is 2.44 bits per heavy atom. The summed E-state index contributed by atoms with van der Waals surface area (Å²) < 4.78 is 0. The molecule has 0 spiro atoms. The van der Waals surface area contributed by atoms with Gasteiger partial charge in [-0.1, -0.05) is 37.3 Å². The van der Waals surface area contributed by atoms with Crippen LogP contribution in [0.1, 0.15) is 25.3 Å². The van der Waals surface area contributed by atoms with Crippen LogP contribution in [-0.4, -0.2) is 65.8 Å². The lowest BCUT2D eigenvalue weighted by Gasteiger charge is -2.36. The number of rotatable bonds is 8. The highest BCUT2D eigenvalue weighted by Gasteiger charge is 2.28. The number of carbonyl (C=O) groups is 2. The Morgan fingerprint density at radius 1 is 1.16 bits per heavy atom. The second-order valence-electron chi connectivity index (χ2n) is 6.34. The van der Waals surface area contributed by atoms with Gasteiger partial charge in [0.25, 0.3) is 0 Å². The average molecular weight is 364 g/mol. The van der Waals surface area contributed by atoms with Crippen molar-refractivity contribution in [3.05, 3.63) is 35.9 Å². The van der Waals surface area contributed by atoms with E-state index in [0.717, 1.165) is 38.5 Å². The molecular formula is C19H29N3O2S. The van der Waals surface area contributed by atoms with Crippen LogP contribution in [0.3, 0.4) is 0 Å². The van der Waals surface area contributed by atoms with Crippen molar-refractivity contribution in [3.63, 3.8) is 0 Å². The summed E-state index contributed by atoms with van der Waals surface area (Å²) in [6, 6.07) is 10.0. The molecular weight excluding hydrogens is 334 g/mol. The predicted octanol–water partition coefficient (Wildman–Crippen LogP) is 1.98. The van der Waals surface area contributed by atoms with Gasteiger partial charge in [-0.15, -0.1) is 0 Å².